The van der Waals surface area contributed by atoms with Gasteiger partial charge in [0.25, 0.3) is 0 Å². The molecule has 0 atom stereocenters. The van der Waals surface area contributed by atoms with Crippen molar-refractivity contribution in [3.05, 3.63) is 35.1 Å². The molecule has 0 saturated carbocycles. The van der Waals surface area contributed by atoms with Gasteiger partial charge in [-0.15, -0.1) is 0 Å². The first-order valence-electron chi connectivity index (χ1n) is 8.52. The van der Waals surface area contributed by atoms with Crippen LogP contribution in [0.4, 0.5) is 0 Å². The minimum absolute atomic E-state index is 0.208. The van der Waals surface area contributed by atoms with Crippen LogP contribution in [0.2, 0.25) is 0 Å². The van der Waals surface area contributed by atoms with Gasteiger partial charge in [0.05, 0.1) is 12.7 Å². The number of carbonyl (C=O) groups excluding carboxylic acids is 1. The first-order chi connectivity index (χ1) is 10.7. The van der Waals surface area contributed by atoms with Crippen molar-refractivity contribution in [2.24, 2.45) is 0 Å². The first-order valence-corrected chi connectivity index (χ1v) is 8.52. The molecular weight excluding hydrogens is 274 g/mol. The number of aryl methyl sites for hydroxylation is 2. The quantitative estimate of drug-likeness (QED) is 0.804. The van der Waals surface area contributed by atoms with Crippen molar-refractivity contribution in [1.82, 2.24) is 4.90 Å². The fourth-order valence-electron chi connectivity index (χ4n) is 3.37. The van der Waals surface area contributed by atoms with Gasteiger partial charge >= 0.3 is 0 Å². The maximum absolute atomic E-state index is 12.5. The summed E-state index contributed by atoms with van der Waals surface area (Å²) in [5.74, 6) is 0.208. The van der Waals surface area contributed by atoms with Crippen molar-refractivity contribution in [3.8, 4) is 0 Å². The number of unbranched alkanes of at least 4 members (excludes halogenated alkanes) is 1. The molecule has 0 fully saturated rings. The molecule has 0 aliphatic heterocycles. The molecule has 0 radical (unpaired) electrons. The molecule has 0 spiro atoms. The van der Waals surface area contributed by atoms with Gasteiger partial charge in [0, 0.05) is 24.0 Å². The van der Waals surface area contributed by atoms with Gasteiger partial charge in [0.2, 0.25) is 5.91 Å². The molecule has 1 aromatic carbocycles. The van der Waals surface area contributed by atoms with Crippen molar-refractivity contribution in [3.63, 3.8) is 0 Å². The number of rotatable bonds is 6. The molecule has 2 aromatic rings. The molecule has 0 bridgehead atoms. The van der Waals surface area contributed by atoms with Crippen molar-refractivity contribution >= 4 is 16.9 Å². The SMILES string of the molecule is CCCCN(CC)C(=O)Cc1coc2cc3c(cc12)CCC3. The highest BCUT2D eigenvalue weighted by Gasteiger charge is 2.18. The second kappa shape index (κ2) is 6.55. The van der Waals surface area contributed by atoms with Crippen LogP contribution in [0.5, 0.6) is 0 Å². The lowest BCUT2D eigenvalue weighted by atomic mass is 10.0. The van der Waals surface area contributed by atoms with E-state index in [-0.39, 0.29) is 5.91 Å². The normalized spacial score (nSPS) is 13.5. The van der Waals surface area contributed by atoms with E-state index in [0.717, 1.165) is 55.3 Å². The van der Waals surface area contributed by atoms with Gasteiger partial charge in [0.15, 0.2) is 0 Å². The van der Waals surface area contributed by atoms with Crippen molar-refractivity contribution < 1.29 is 9.21 Å². The fourth-order valence-corrected chi connectivity index (χ4v) is 3.37. The van der Waals surface area contributed by atoms with Crippen LogP contribution in [0.1, 0.15) is 49.8 Å². The van der Waals surface area contributed by atoms with Crippen LogP contribution in [0.25, 0.3) is 11.0 Å². The highest BCUT2D eigenvalue weighted by molar-refractivity contribution is 5.88. The van der Waals surface area contributed by atoms with Gasteiger partial charge < -0.3 is 9.32 Å². The van der Waals surface area contributed by atoms with Crippen LogP contribution in [-0.4, -0.2) is 23.9 Å². The first kappa shape index (κ1) is 15.1. The maximum Gasteiger partial charge on any atom is 0.227 e. The topological polar surface area (TPSA) is 33.5 Å². The van der Waals surface area contributed by atoms with E-state index < -0.39 is 0 Å². The average Bonchev–Trinajstić information content (AvgIpc) is 3.12. The van der Waals surface area contributed by atoms with Crippen LogP contribution in [-0.2, 0) is 24.1 Å². The Labute approximate surface area is 132 Å². The number of likely N-dealkylation sites (N-methyl/N-ethyl adjacent to an activating group) is 1. The van der Waals surface area contributed by atoms with Gasteiger partial charge in [-0.1, -0.05) is 13.3 Å². The number of benzene rings is 1. The molecular formula is C19H25NO2. The monoisotopic (exact) mass is 299 g/mol. The van der Waals surface area contributed by atoms with Gasteiger partial charge in [-0.05, 0) is 55.9 Å². The molecule has 3 rings (SSSR count). The number of hydrogen-bond donors (Lipinski definition) is 0. The summed E-state index contributed by atoms with van der Waals surface area (Å²) in [7, 11) is 0. The van der Waals surface area contributed by atoms with E-state index in [4.69, 9.17) is 4.42 Å². The van der Waals surface area contributed by atoms with Gasteiger partial charge in [-0.2, -0.15) is 0 Å². The van der Waals surface area contributed by atoms with Crippen LogP contribution in [0.15, 0.2) is 22.8 Å². The molecule has 118 valence electrons. The molecule has 0 unspecified atom stereocenters. The largest absolute Gasteiger partial charge is 0.464 e. The summed E-state index contributed by atoms with van der Waals surface area (Å²) in [6.07, 6.45) is 7.94. The van der Waals surface area contributed by atoms with E-state index in [1.165, 1.54) is 17.5 Å². The standard InChI is InChI=1S/C19H25NO2/c1-3-5-9-20(4-2)19(21)12-16-13-22-18-11-15-8-6-7-14(15)10-17(16)18/h10-11,13H,3-9,12H2,1-2H3. The number of furan rings is 1. The van der Waals surface area contributed by atoms with Crippen LogP contribution >= 0.6 is 0 Å². The zero-order valence-corrected chi connectivity index (χ0v) is 13.7. The molecule has 1 heterocycles. The number of nitrogens with zero attached hydrogens (tertiary/aromatic N) is 1. The zero-order chi connectivity index (χ0) is 15.5. The Morgan fingerprint density at radius 3 is 2.73 bits per heavy atom. The van der Waals surface area contributed by atoms with Crippen molar-refractivity contribution in [2.75, 3.05) is 13.1 Å². The van der Waals surface area contributed by atoms with E-state index in [0.29, 0.717) is 6.42 Å². The lowest BCUT2D eigenvalue weighted by Crippen LogP contribution is -2.32. The molecule has 3 heteroatoms. The van der Waals surface area contributed by atoms with Crippen LogP contribution in [0, 0.1) is 0 Å². The highest BCUT2D eigenvalue weighted by Crippen LogP contribution is 2.30. The number of amides is 1. The molecule has 1 aliphatic carbocycles. The zero-order valence-electron chi connectivity index (χ0n) is 13.7. The molecule has 22 heavy (non-hydrogen) atoms. The highest BCUT2D eigenvalue weighted by atomic mass is 16.3. The lowest BCUT2D eigenvalue weighted by Gasteiger charge is -2.20. The maximum atomic E-state index is 12.5. The Hall–Kier alpha value is -1.77. The predicted molar refractivity (Wildman–Crippen MR) is 89.1 cm³/mol. The summed E-state index contributed by atoms with van der Waals surface area (Å²) in [5.41, 5.74) is 4.81. The second-order valence-electron chi connectivity index (χ2n) is 6.24. The van der Waals surface area contributed by atoms with Gasteiger partial charge in [-0.25, -0.2) is 0 Å². The summed E-state index contributed by atoms with van der Waals surface area (Å²) in [6, 6.07) is 4.41. The third-order valence-corrected chi connectivity index (χ3v) is 4.73. The summed E-state index contributed by atoms with van der Waals surface area (Å²) < 4.78 is 5.70. The van der Waals surface area contributed by atoms with Crippen LogP contribution in [0.3, 0.4) is 0 Å². The number of hydrogen-bond acceptors (Lipinski definition) is 2. The Morgan fingerprint density at radius 2 is 2.00 bits per heavy atom. The summed E-state index contributed by atoms with van der Waals surface area (Å²) >= 11 is 0. The van der Waals surface area contributed by atoms with Crippen molar-refractivity contribution in [1.29, 1.82) is 0 Å². The molecule has 1 aromatic heterocycles. The van der Waals surface area contributed by atoms with Gasteiger partial charge in [-0.3, -0.25) is 4.79 Å². The minimum atomic E-state index is 0.208. The van der Waals surface area contributed by atoms with E-state index in [9.17, 15) is 4.79 Å². The number of fused-ring (bicyclic) bond motifs is 2. The summed E-state index contributed by atoms with van der Waals surface area (Å²) in [5, 5.41) is 1.13. The van der Waals surface area contributed by atoms with E-state index >= 15 is 0 Å². The average molecular weight is 299 g/mol. The third kappa shape index (κ3) is 2.90. The Bertz CT molecular complexity index is 671. The van der Waals surface area contributed by atoms with Crippen LogP contribution < -0.4 is 0 Å². The lowest BCUT2D eigenvalue weighted by molar-refractivity contribution is -0.130. The molecule has 0 N–H and O–H groups in total. The Kier molecular flexibility index (Phi) is 4.51. The molecule has 1 amide bonds. The second-order valence-corrected chi connectivity index (χ2v) is 6.24. The van der Waals surface area contributed by atoms with E-state index in [2.05, 4.69) is 19.1 Å². The molecule has 0 saturated heterocycles. The smallest absolute Gasteiger partial charge is 0.227 e. The van der Waals surface area contributed by atoms with E-state index in [1.807, 2.05) is 11.8 Å². The van der Waals surface area contributed by atoms with E-state index in [1.54, 1.807) is 6.26 Å². The molecule has 3 nitrogen and oxygen atoms in total. The Morgan fingerprint density at radius 1 is 1.23 bits per heavy atom. The van der Waals surface area contributed by atoms with Gasteiger partial charge in [0.1, 0.15) is 5.58 Å². The predicted octanol–water partition coefficient (Wildman–Crippen LogP) is 4.11. The number of carbonyl (C=O) groups is 1. The summed E-state index contributed by atoms with van der Waals surface area (Å²) in [4.78, 5) is 14.5. The molecule has 1 aliphatic rings. The summed E-state index contributed by atoms with van der Waals surface area (Å²) in [6.45, 7) is 5.84. The van der Waals surface area contributed by atoms with Crippen molar-refractivity contribution in [2.45, 2.75) is 52.4 Å². The minimum Gasteiger partial charge on any atom is -0.464 e. The Balaban J connectivity index is 1.80. The fraction of sp³-hybridized carbons (Fsp3) is 0.526. The third-order valence-electron chi connectivity index (χ3n) is 4.73.